The Morgan fingerprint density at radius 3 is 2.83 bits per heavy atom. The van der Waals surface area contributed by atoms with Gasteiger partial charge in [-0.3, -0.25) is 4.79 Å². The quantitative estimate of drug-likeness (QED) is 0.802. The van der Waals surface area contributed by atoms with Gasteiger partial charge in [-0.15, -0.1) is 0 Å². The molecule has 0 fully saturated rings. The van der Waals surface area contributed by atoms with Crippen molar-refractivity contribution >= 4 is 28.6 Å². The molecule has 2 rings (SSSR count). The van der Waals surface area contributed by atoms with Crippen LogP contribution in [-0.4, -0.2) is 22.6 Å². The second-order valence-electron chi connectivity index (χ2n) is 4.38. The molecule has 0 radical (unpaired) electrons. The molecule has 0 aliphatic carbocycles. The van der Waals surface area contributed by atoms with Crippen molar-refractivity contribution in [3.63, 3.8) is 0 Å². The average molecular weight is 267 g/mol. The lowest BCUT2D eigenvalue weighted by Gasteiger charge is -2.12. The van der Waals surface area contributed by atoms with Gasteiger partial charge in [-0.1, -0.05) is 11.6 Å². The lowest BCUT2D eigenvalue weighted by Crippen LogP contribution is -2.12. The summed E-state index contributed by atoms with van der Waals surface area (Å²) in [7, 11) is 1.38. The van der Waals surface area contributed by atoms with E-state index in [2.05, 4.69) is 4.98 Å². The minimum Gasteiger partial charge on any atom is -0.469 e. The van der Waals surface area contributed by atoms with Crippen molar-refractivity contribution in [3.05, 3.63) is 29.0 Å². The third-order valence-corrected chi connectivity index (χ3v) is 3.01. The largest absolute Gasteiger partial charge is 0.469 e. The molecular formula is C13H15ClN2O2. The molecule has 0 saturated heterocycles. The Hall–Kier alpha value is -1.55. The zero-order chi connectivity index (χ0) is 13.3. The first-order chi connectivity index (χ1) is 8.52. The van der Waals surface area contributed by atoms with Crippen molar-refractivity contribution in [2.75, 3.05) is 7.11 Å². The van der Waals surface area contributed by atoms with Crippen LogP contribution in [-0.2, 0) is 16.0 Å². The molecule has 4 nitrogen and oxygen atoms in total. The summed E-state index contributed by atoms with van der Waals surface area (Å²) in [6.45, 7) is 4.09. The number of nitrogens with zero attached hydrogens (tertiary/aromatic N) is 2. The Morgan fingerprint density at radius 1 is 1.50 bits per heavy atom. The molecular weight excluding hydrogens is 252 g/mol. The van der Waals surface area contributed by atoms with Crippen molar-refractivity contribution in [1.82, 2.24) is 9.55 Å². The van der Waals surface area contributed by atoms with Crippen LogP contribution in [0.15, 0.2) is 18.2 Å². The van der Waals surface area contributed by atoms with Gasteiger partial charge in [-0.2, -0.15) is 0 Å². The number of hydrogen-bond donors (Lipinski definition) is 0. The SMILES string of the molecule is COC(=O)Cc1nc2ccc(Cl)cc2n1C(C)C. The number of carbonyl (C=O) groups is 1. The van der Waals surface area contributed by atoms with Crippen LogP contribution in [0.4, 0.5) is 0 Å². The molecule has 0 aliphatic rings. The number of rotatable bonds is 3. The maximum absolute atomic E-state index is 11.4. The highest BCUT2D eigenvalue weighted by molar-refractivity contribution is 6.31. The maximum atomic E-state index is 11.4. The van der Waals surface area contributed by atoms with E-state index in [0.29, 0.717) is 10.8 Å². The van der Waals surface area contributed by atoms with Crippen LogP contribution >= 0.6 is 11.6 Å². The number of ether oxygens (including phenoxy) is 1. The highest BCUT2D eigenvalue weighted by Crippen LogP contribution is 2.24. The number of hydrogen-bond acceptors (Lipinski definition) is 3. The Balaban J connectivity index is 2.58. The minimum atomic E-state index is -0.293. The highest BCUT2D eigenvalue weighted by Gasteiger charge is 2.16. The Bertz CT molecular complexity index is 590. The van der Waals surface area contributed by atoms with Gasteiger partial charge in [0.1, 0.15) is 12.2 Å². The van der Waals surface area contributed by atoms with Crippen LogP contribution in [0.3, 0.4) is 0 Å². The third kappa shape index (κ3) is 2.34. The Kier molecular flexibility index (Phi) is 3.57. The number of methoxy groups -OCH3 is 1. The fourth-order valence-corrected chi connectivity index (χ4v) is 2.18. The molecule has 0 bridgehead atoms. The first kappa shape index (κ1) is 12.9. The molecule has 18 heavy (non-hydrogen) atoms. The summed E-state index contributed by atoms with van der Waals surface area (Å²) in [5.74, 6) is 0.410. The summed E-state index contributed by atoms with van der Waals surface area (Å²) >= 11 is 6.00. The van der Waals surface area contributed by atoms with Crippen molar-refractivity contribution in [1.29, 1.82) is 0 Å². The van der Waals surface area contributed by atoms with E-state index in [4.69, 9.17) is 16.3 Å². The van der Waals surface area contributed by atoms with Crippen molar-refractivity contribution in [2.45, 2.75) is 26.3 Å². The smallest absolute Gasteiger partial charge is 0.313 e. The predicted molar refractivity (Wildman–Crippen MR) is 70.8 cm³/mol. The van der Waals surface area contributed by atoms with Crippen LogP contribution in [0.1, 0.15) is 25.7 Å². The van der Waals surface area contributed by atoms with Gasteiger partial charge in [0.2, 0.25) is 0 Å². The molecule has 1 heterocycles. The first-order valence-electron chi connectivity index (χ1n) is 5.76. The van der Waals surface area contributed by atoms with Gasteiger partial charge in [0.25, 0.3) is 0 Å². The van der Waals surface area contributed by atoms with Crippen molar-refractivity contribution in [3.8, 4) is 0 Å². The van der Waals surface area contributed by atoms with Crippen LogP contribution in [0, 0.1) is 0 Å². The molecule has 1 aromatic heterocycles. The highest BCUT2D eigenvalue weighted by atomic mass is 35.5. The molecule has 0 aliphatic heterocycles. The summed E-state index contributed by atoms with van der Waals surface area (Å²) in [5, 5.41) is 0.661. The van der Waals surface area contributed by atoms with Gasteiger partial charge in [0.05, 0.1) is 18.1 Å². The van der Waals surface area contributed by atoms with Gasteiger partial charge in [0.15, 0.2) is 0 Å². The standard InChI is InChI=1S/C13H15ClN2O2/c1-8(2)16-11-6-9(14)4-5-10(11)15-12(16)7-13(17)18-3/h4-6,8H,7H2,1-3H3. The fourth-order valence-electron chi connectivity index (χ4n) is 2.02. The van der Waals surface area contributed by atoms with E-state index < -0.39 is 0 Å². The molecule has 0 N–H and O–H groups in total. The molecule has 1 aromatic carbocycles. The topological polar surface area (TPSA) is 44.1 Å². The van der Waals surface area contributed by atoms with Crippen molar-refractivity contribution in [2.24, 2.45) is 0 Å². The summed E-state index contributed by atoms with van der Waals surface area (Å²) in [6.07, 6.45) is 0.168. The third-order valence-electron chi connectivity index (χ3n) is 2.77. The van der Waals surface area contributed by atoms with Gasteiger partial charge in [-0.05, 0) is 32.0 Å². The minimum absolute atomic E-state index is 0.168. The molecule has 0 atom stereocenters. The molecule has 0 amide bonds. The van der Waals surface area contributed by atoms with E-state index in [1.807, 2.05) is 30.5 Å². The number of carbonyl (C=O) groups excluding carboxylic acids is 1. The summed E-state index contributed by atoms with van der Waals surface area (Å²) in [5.41, 5.74) is 1.78. The fraction of sp³-hybridized carbons (Fsp3) is 0.385. The van der Waals surface area contributed by atoms with Crippen LogP contribution in [0.2, 0.25) is 5.02 Å². The van der Waals surface area contributed by atoms with Crippen LogP contribution < -0.4 is 0 Å². The molecule has 2 aromatic rings. The summed E-state index contributed by atoms with van der Waals surface area (Å²) in [6, 6.07) is 5.72. The molecule has 96 valence electrons. The lowest BCUT2D eigenvalue weighted by atomic mass is 10.3. The first-order valence-corrected chi connectivity index (χ1v) is 6.14. The van der Waals surface area contributed by atoms with E-state index >= 15 is 0 Å². The summed E-state index contributed by atoms with van der Waals surface area (Å²) < 4.78 is 6.70. The van der Waals surface area contributed by atoms with Crippen LogP contribution in [0.5, 0.6) is 0 Å². The van der Waals surface area contributed by atoms with E-state index in [1.165, 1.54) is 7.11 Å². The number of fused-ring (bicyclic) bond motifs is 1. The van der Waals surface area contributed by atoms with E-state index in [0.717, 1.165) is 11.0 Å². The Morgan fingerprint density at radius 2 is 2.22 bits per heavy atom. The zero-order valence-corrected chi connectivity index (χ0v) is 11.4. The van der Waals surface area contributed by atoms with Crippen LogP contribution in [0.25, 0.3) is 11.0 Å². The van der Waals surface area contributed by atoms with Crippen molar-refractivity contribution < 1.29 is 9.53 Å². The van der Waals surface area contributed by atoms with Gasteiger partial charge >= 0.3 is 5.97 Å². The second-order valence-corrected chi connectivity index (χ2v) is 4.81. The monoisotopic (exact) mass is 266 g/mol. The zero-order valence-electron chi connectivity index (χ0n) is 10.6. The number of aromatic nitrogens is 2. The predicted octanol–water partition coefficient (Wildman–Crippen LogP) is 2.99. The molecule has 0 unspecified atom stereocenters. The molecule has 5 heteroatoms. The lowest BCUT2D eigenvalue weighted by molar-refractivity contribution is -0.139. The van der Waals surface area contributed by atoms with E-state index in [9.17, 15) is 4.79 Å². The molecule has 0 spiro atoms. The number of benzene rings is 1. The van der Waals surface area contributed by atoms with E-state index in [-0.39, 0.29) is 18.4 Å². The van der Waals surface area contributed by atoms with Gasteiger partial charge in [0, 0.05) is 11.1 Å². The van der Waals surface area contributed by atoms with E-state index in [1.54, 1.807) is 6.07 Å². The number of halogens is 1. The normalized spacial score (nSPS) is 11.2. The van der Waals surface area contributed by atoms with Gasteiger partial charge < -0.3 is 9.30 Å². The number of esters is 1. The molecule has 0 saturated carbocycles. The average Bonchev–Trinajstić information content (AvgIpc) is 2.65. The number of imidazole rings is 1. The second kappa shape index (κ2) is 4.98. The maximum Gasteiger partial charge on any atom is 0.313 e. The van der Waals surface area contributed by atoms with Gasteiger partial charge in [-0.25, -0.2) is 4.98 Å². The Labute approximate surface area is 111 Å². The summed E-state index contributed by atoms with van der Waals surface area (Å²) in [4.78, 5) is 15.9.